The molecular formula is C22H29N3O2. The Balaban J connectivity index is 1.34. The zero-order chi connectivity index (χ0) is 19.1. The topological polar surface area (TPSA) is 44.8 Å². The zero-order valence-electron chi connectivity index (χ0n) is 16.3. The van der Waals surface area contributed by atoms with Gasteiger partial charge in [0.2, 0.25) is 0 Å². The average molecular weight is 367 g/mol. The molecule has 27 heavy (non-hydrogen) atoms. The van der Waals surface area contributed by atoms with E-state index in [1.54, 1.807) is 0 Å². The number of aryl methyl sites for hydroxylation is 2. The molecule has 0 aliphatic carbocycles. The van der Waals surface area contributed by atoms with Gasteiger partial charge in [-0.25, -0.2) is 4.79 Å². The lowest BCUT2D eigenvalue weighted by atomic mass is 10.1. The third-order valence-electron chi connectivity index (χ3n) is 4.75. The van der Waals surface area contributed by atoms with Crippen molar-refractivity contribution in [3.63, 3.8) is 0 Å². The SMILES string of the molecule is Cc1cc(C)cc(OCCNC(=O)N2CCN(Cc3ccccc3)CC2)c1. The second-order valence-corrected chi connectivity index (χ2v) is 7.15. The Labute approximate surface area is 161 Å². The fraction of sp³-hybridized carbons (Fsp3) is 0.409. The number of urea groups is 1. The summed E-state index contributed by atoms with van der Waals surface area (Å²) in [4.78, 5) is 16.6. The van der Waals surface area contributed by atoms with E-state index in [4.69, 9.17) is 4.74 Å². The summed E-state index contributed by atoms with van der Waals surface area (Å²) in [6.45, 7) is 9.37. The first-order valence-corrected chi connectivity index (χ1v) is 9.60. The summed E-state index contributed by atoms with van der Waals surface area (Å²) in [6.07, 6.45) is 0. The van der Waals surface area contributed by atoms with Crippen molar-refractivity contribution in [1.29, 1.82) is 0 Å². The van der Waals surface area contributed by atoms with Crippen molar-refractivity contribution in [3.8, 4) is 5.75 Å². The maximum atomic E-state index is 12.3. The van der Waals surface area contributed by atoms with Crippen LogP contribution < -0.4 is 10.1 Å². The molecule has 1 saturated heterocycles. The number of nitrogens with one attached hydrogen (secondary N) is 1. The molecule has 5 nitrogen and oxygen atoms in total. The monoisotopic (exact) mass is 367 g/mol. The smallest absolute Gasteiger partial charge is 0.317 e. The van der Waals surface area contributed by atoms with Gasteiger partial charge in [0.1, 0.15) is 12.4 Å². The molecule has 1 N–H and O–H groups in total. The second kappa shape index (κ2) is 9.42. The van der Waals surface area contributed by atoms with Gasteiger partial charge in [0, 0.05) is 32.7 Å². The molecule has 0 bridgehead atoms. The van der Waals surface area contributed by atoms with E-state index in [1.165, 1.54) is 16.7 Å². The van der Waals surface area contributed by atoms with Crippen molar-refractivity contribution in [2.24, 2.45) is 0 Å². The van der Waals surface area contributed by atoms with Gasteiger partial charge in [0.15, 0.2) is 0 Å². The molecule has 3 rings (SSSR count). The van der Waals surface area contributed by atoms with Crippen molar-refractivity contribution in [2.45, 2.75) is 20.4 Å². The summed E-state index contributed by atoms with van der Waals surface area (Å²) < 4.78 is 5.75. The number of benzene rings is 2. The molecule has 0 unspecified atom stereocenters. The second-order valence-electron chi connectivity index (χ2n) is 7.15. The van der Waals surface area contributed by atoms with Gasteiger partial charge in [-0.2, -0.15) is 0 Å². The molecule has 144 valence electrons. The van der Waals surface area contributed by atoms with Crippen LogP contribution in [0.1, 0.15) is 16.7 Å². The summed E-state index contributed by atoms with van der Waals surface area (Å²) in [6, 6.07) is 16.6. The van der Waals surface area contributed by atoms with Crippen LogP contribution in [0.3, 0.4) is 0 Å². The summed E-state index contributed by atoms with van der Waals surface area (Å²) in [7, 11) is 0. The Hall–Kier alpha value is -2.53. The molecule has 5 heteroatoms. The highest BCUT2D eigenvalue weighted by molar-refractivity contribution is 5.74. The molecule has 0 radical (unpaired) electrons. The number of carbonyl (C=O) groups is 1. The molecule has 0 saturated carbocycles. The van der Waals surface area contributed by atoms with Crippen molar-refractivity contribution in [2.75, 3.05) is 39.3 Å². The number of hydrogen-bond donors (Lipinski definition) is 1. The lowest BCUT2D eigenvalue weighted by Gasteiger charge is -2.34. The van der Waals surface area contributed by atoms with Gasteiger partial charge in [0.05, 0.1) is 6.54 Å². The van der Waals surface area contributed by atoms with E-state index in [-0.39, 0.29) is 6.03 Å². The number of hydrogen-bond acceptors (Lipinski definition) is 3. The van der Waals surface area contributed by atoms with E-state index in [1.807, 2.05) is 23.1 Å². The van der Waals surface area contributed by atoms with E-state index in [2.05, 4.69) is 54.4 Å². The molecule has 2 aromatic carbocycles. The van der Waals surface area contributed by atoms with Crippen LogP contribution in [0.4, 0.5) is 4.79 Å². The van der Waals surface area contributed by atoms with Crippen LogP contribution >= 0.6 is 0 Å². The first-order valence-electron chi connectivity index (χ1n) is 9.60. The highest BCUT2D eigenvalue weighted by atomic mass is 16.5. The van der Waals surface area contributed by atoms with Gasteiger partial charge in [-0.15, -0.1) is 0 Å². The summed E-state index contributed by atoms with van der Waals surface area (Å²) >= 11 is 0. The minimum Gasteiger partial charge on any atom is -0.492 e. The lowest BCUT2D eigenvalue weighted by Crippen LogP contribution is -2.51. The largest absolute Gasteiger partial charge is 0.492 e. The van der Waals surface area contributed by atoms with Gasteiger partial charge in [-0.05, 0) is 42.7 Å². The van der Waals surface area contributed by atoms with Gasteiger partial charge in [-0.1, -0.05) is 36.4 Å². The van der Waals surface area contributed by atoms with Crippen LogP contribution in [0.15, 0.2) is 48.5 Å². The molecule has 1 heterocycles. The minimum absolute atomic E-state index is 0.00150. The number of piperazine rings is 1. The Kier molecular flexibility index (Phi) is 6.71. The maximum absolute atomic E-state index is 12.3. The van der Waals surface area contributed by atoms with Crippen LogP contribution in [0.5, 0.6) is 5.75 Å². The zero-order valence-corrected chi connectivity index (χ0v) is 16.3. The fourth-order valence-electron chi connectivity index (χ4n) is 3.41. The molecule has 2 aromatic rings. The van der Waals surface area contributed by atoms with E-state index >= 15 is 0 Å². The van der Waals surface area contributed by atoms with Crippen LogP contribution in [-0.2, 0) is 6.54 Å². The summed E-state index contributed by atoms with van der Waals surface area (Å²) in [5.41, 5.74) is 3.68. The van der Waals surface area contributed by atoms with Gasteiger partial charge < -0.3 is 15.0 Å². The van der Waals surface area contributed by atoms with Gasteiger partial charge >= 0.3 is 6.03 Å². The first-order chi connectivity index (χ1) is 13.1. The number of amides is 2. The van der Waals surface area contributed by atoms with E-state index < -0.39 is 0 Å². The van der Waals surface area contributed by atoms with Gasteiger partial charge in [0.25, 0.3) is 0 Å². The molecule has 1 fully saturated rings. The molecule has 1 aliphatic heterocycles. The summed E-state index contributed by atoms with van der Waals surface area (Å²) in [5.74, 6) is 0.858. The highest BCUT2D eigenvalue weighted by Crippen LogP contribution is 2.15. The fourth-order valence-corrected chi connectivity index (χ4v) is 3.41. The highest BCUT2D eigenvalue weighted by Gasteiger charge is 2.20. The van der Waals surface area contributed by atoms with Crippen LogP contribution in [-0.4, -0.2) is 55.2 Å². The number of carbonyl (C=O) groups excluding carboxylic acids is 1. The number of nitrogens with zero attached hydrogens (tertiary/aromatic N) is 2. The summed E-state index contributed by atoms with van der Waals surface area (Å²) in [5, 5.41) is 2.96. The first kappa shape index (κ1) is 19.2. The molecule has 0 aromatic heterocycles. The maximum Gasteiger partial charge on any atom is 0.317 e. The lowest BCUT2D eigenvalue weighted by molar-refractivity contribution is 0.134. The van der Waals surface area contributed by atoms with Crippen molar-refractivity contribution >= 4 is 6.03 Å². The number of rotatable bonds is 6. The van der Waals surface area contributed by atoms with E-state index in [0.717, 1.165) is 38.5 Å². The molecule has 2 amide bonds. The van der Waals surface area contributed by atoms with Crippen molar-refractivity contribution < 1.29 is 9.53 Å². The molecule has 1 aliphatic rings. The predicted molar refractivity (Wildman–Crippen MR) is 108 cm³/mol. The molecule has 0 spiro atoms. The third kappa shape index (κ3) is 6.00. The van der Waals surface area contributed by atoms with E-state index in [9.17, 15) is 4.79 Å². The minimum atomic E-state index is -0.00150. The van der Waals surface area contributed by atoms with Crippen LogP contribution in [0, 0.1) is 13.8 Å². The molecular weight excluding hydrogens is 338 g/mol. The Morgan fingerprint density at radius 2 is 1.67 bits per heavy atom. The van der Waals surface area contributed by atoms with Crippen LogP contribution in [0.2, 0.25) is 0 Å². The van der Waals surface area contributed by atoms with Crippen LogP contribution in [0.25, 0.3) is 0 Å². The van der Waals surface area contributed by atoms with E-state index in [0.29, 0.717) is 13.2 Å². The average Bonchev–Trinajstić information content (AvgIpc) is 2.66. The number of ether oxygens (including phenoxy) is 1. The normalized spacial score (nSPS) is 14.8. The Morgan fingerprint density at radius 1 is 1.00 bits per heavy atom. The molecule has 0 atom stereocenters. The van der Waals surface area contributed by atoms with Gasteiger partial charge in [-0.3, -0.25) is 4.90 Å². The Morgan fingerprint density at radius 3 is 2.33 bits per heavy atom. The van der Waals surface area contributed by atoms with Crippen molar-refractivity contribution in [1.82, 2.24) is 15.1 Å². The van der Waals surface area contributed by atoms with Crippen molar-refractivity contribution in [3.05, 3.63) is 65.2 Å². The third-order valence-corrected chi connectivity index (χ3v) is 4.75. The quantitative estimate of drug-likeness (QED) is 0.798. The Bertz CT molecular complexity index is 720. The standard InChI is InChI=1S/C22H29N3O2/c1-18-14-19(2)16-21(15-18)27-13-8-23-22(26)25-11-9-24(10-12-25)17-20-6-4-3-5-7-20/h3-7,14-16H,8-13,17H2,1-2H3,(H,23,26). The predicted octanol–water partition coefficient (Wildman–Crippen LogP) is 3.21.